The summed E-state index contributed by atoms with van der Waals surface area (Å²) in [5.74, 6) is 0.447. The molecule has 0 spiro atoms. The molecule has 1 saturated carbocycles. The van der Waals surface area contributed by atoms with Crippen LogP contribution in [-0.4, -0.2) is 32.3 Å². The normalized spacial score (nSPS) is 25.1. The first-order valence-electron chi connectivity index (χ1n) is 8.33. The molecule has 1 aliphatic carbocycles. The van der Waals surface area contributed by atoms with Gasteiger partial charge in [-0.05, 0) is 43.0 Å². The summed E-state index contributed by atoms with van der Waals surface area (Å²) in [4.78, 5) is 23.3. The van der Waals surface area contributed by atoms with Crippen molar-refractivity contribution < 1.29 is 23.8 Å². The number of rotatable bonds is 6. The molecule has 0 radical (unpaired) electrons. The third-order valence-corrected chi connectivity index (χ3v) is 4.95. The van der Waals surface area contributed by atoms with E-state index in [-0.39, 0.29) is 18.5 Å². The van der Waals surface area contributed by atoms with E-state index >= 15 is 0 Å². The Kier molecular flexibility index (Phi) is 4.93. The van der Waals surface area contributed by atoms with Crippen molar-refractivity contribution in [3.63, 3.8) is 0 Å². The second-order valence-corrected chi connectivity index (χ2v) is 6.64. The van der Waals surface area contributed by atoms with Crippen molar-refractivity contribution in [3.8, 4) is 5.75 Å². The molecule has 1 aliphatic heterocycles. The van der Waals surface area contributed by atoms with Crippen molar-refractivity contribution in [3.05, 3.63) is 54.1 Å². The Balaban J connectivity index is 1.61. The van der Waals surface area contributed by atoms with Gasteiger partial charge in [0.05, 0.1) is 19.1 Å². The minimum atomic E-state index is -0.442. The topological polar surface area (TPSA) is 61.8 Å². The summed E-state index contributed by atoms with van der Waals surface area (Å²) < 4.78 is 15.4. The highest BCUT2D eigenvalue weighted by molar-refractivity contribution is 5.82. The number of allylic oxidation sites excluding steroid dienone is 1. The van der Waals surface area contributed by atoms with Crippen molar-refractivity contribution >= 4 is 11.9 Å². The Morgan fingerprint density at radius 2 is 2.16 bits per heavy atom. The van der Waals surface area contributed by atoms with E-state index in [0.29, 0.717) is 25.2 Å². The highest BCUT2D eigenvalue weighted by atomic mass is 16.5. The molecular formula is C20H22O5. The first-order valence-corrected chi connectivity index (χ1v) is 8.33. The van der Waals surface area contributed by atoms with Crippen molar-refractivity contribution in [1.29, 1.82) is 0 Å². The van der Waals surface area contributed by atoms with Crippen LogP contribution < -0.4 is 4.74 Å². The van der Waals surface area contributed by atoms with Crippen LogP contribution in [0.4, 0.5) is 0 Å². The molecule has 2 aliphatic rings. The fourth-order valence-corrected chi connectivity index (χ4v) is 3.69. The number of hydrogen-bond donors (Lipinski definition) is 0. The lowest BCUT2D eigenvalue weighted by Gasteiger charge is -2.24. The lowest BCUT2D eigenvalue weighted by molar-refractivity contribution is -0.146. The van der Waals surface area contributed by atoms with Gasteiger partial charge < -0.3 is 14.2 Å². The number of benzene rings is 1. The predicted molar refractivity (Wildman–Crippen MR) is 92.1 cm³/mol. The van der Waals surface area contributed by atoms with Crippen LogP contribution in [0.2, 0.25) is 0 Å². The monoisotopic (exact) mass is 342 g/mol. The van der Waals surface area contributed by atoms with Crippen LogP contribution in [0.25, 0.3) is 0 Å². The van der Waals surface area contributed by atoms with Gasteiger partial charge >= 0.3 is 11.9 Å². The molecule has 0 N–H and O–H groups in total. The summed E-state index contributed by atoms with van der Waals surface area (Å²) in [6, 6.07) is 7.68. The molecule has 5 heteroatoms. The van der Waals surface area contributed by atoms with Crippen molar-refractivity contribution in [1.82, 2.24) is 0 Å². The number of ether oxygens (including phenoxy) is 3. The smallest absolute Gasteiger partial charge is 0.330 e. The van der Waals surface area contributed by atoms with Crippen molar-refractivity contribution in [2.45, 2.75) is 19.3 Å². The van der Waals surface area contributed by atoms with Gasteiger partial charge in [-0.25, -0.2) is 4.79 Å². The maximum Gasteiger partial charge on any atom is 0.330 e. The molecule has 2 fully saturated rings. The molecule has 1 heterocycles. The van der Waals surface area contributed by atoms with E-state index in [9.17, 15) is 9.59 Å². The molecular weight excluding hydrogens is 320 g/mol. The lowest BCUT2D eigenvalue weighted by atomic mass is 9.75. The number of fused-ring (bicyclic) bond motifs is 1. The van der Waals surface area contributed by atoms with Crippen molar-refractivity contribution in [2.24, 2.45) is 11.3 Å². The number of esters is 2. The Hall–Kier alpha value is -2.56. The van der Waals surface area contributed by atoms with Crippen LogP contribution in [0.15, 0.2) is 48.6 Å². The van der Waals surface area contributed by atoms with Gasteiger partial charge in [-0.1, -0.05) is 24.3 Å². The Labute approximate surface area is 147 Å². The maximum absolute atomic E-state index is 12.3. The van der Waals surface area contributed by atoms with Crippen LogP contribution in [0.5, 0.6) is 5.75 Å². The molecule has 132 valence electrons. The number of carbonyl (C=O) groups excluding carboxylic acids is 2. The van der Waals surface area contributed by atoms with Crippen LogP contribution in [-0.2, 0) is 25.5 Å². The van der Waals surface area contributed by atoms with Crippen molar-refractivity contribution in [2.75, 3.05) is 20.3 Å². The van der Waals surface area contributed by atoms with Gasteiger partial charge in [0.25, 0.3) is 0 Å². The summed E-state index contributed by atoms with van der Waals surface area (Å²) in [6.45, 7) is 4.85. The summed E-state index contributed by atoms with van der Waals surface area (Å²) in [7, 11) is 1.33. The predicted octanol–water partition coefficient (Wildman–Crippen LogP) is 2.85. The first kappa shape index (κ1) is 17.3. The van der Waals surface area contributed by atoms with Gasteiger partial charge in [0.1, 0.15) is 12.4 Å². The number of methoxy groups -OCH3 is 1. The van der Waals surface area contributed by atoms with Crippen LogP contribution in [0, 0.1) is 11.3 Å². The standard InChI is InChI=1S/C20H22O5/c1-14-10-16-13-25-19(22)20(16,11-14)12-15-5-7-17(8-6-15)24-9-3-4-18(21)23-2/h3-8,16H,1,9-13H2,2H3/b4-3+. The number of carbonyl (C=O) groups is 2. The van der Waals surface area contributed by atoms with Crippen LogP contribution >= 0.6 is 0 Å². The Morgan fingerprint density at radius 1 is 1.40 bits per heavy atom. The third-order valence-electron chi connectivity index (χ3n) is 4.95. The zero-order chi connectivity index (χ0) is 17.9. The molecule has 0 bridgehead atoms. The van der Waals surface area contributed by atoms with Gasteiger partial charge in [-0.15, -0.1) is 0 Å². The lowest BCUT2D eigenvalue weighted by Crippen LogP contribution is -2.31. The number of cyclic esters (lactones) is 1. The van der Waals surface area contributed by atoms with E-state index < -0.39 is 11.4 Å². The molecule has 1 aromatic carbocycles. The van der Waals surface area contributed by atoms with Gasteiger partial charge in [0, 0.05) is 12.0 Å². The summed E-state index contributed by atoms with van der Waals surface area (Å²) in [5, 5.41) is 0. The van der Waals surface area contributed by atoms with E-state index in [4.69, 9.17) is 9.47 Å². The SMILES string of the molecule is C=C1CC2COC(=O)C2(Cc2ccc(OC/C=C/C(=O)OC)cc2)C1. The molecule has 2 unspecified atom stereocenters. The highest BCUT2D eigenvalue weighted by Crippen LogP contribution is 2.52. The molecule has 25 heavy (non-hydrogen) atoms. The zero-order valence-electron chi connectivity index (χ0n) is 14.3. The zero-order valence-corrected chi connectivity index (χ0v) is 14.3. The van der Waals surface area contributed by atoms with E-state index in [1.165, 1.54) is 13.2 Å². The molecule has 1 saturated heterocycles. The average Bonchev–Trinajstić information content (AvgIpc) is 3.07. The summed E-state index contributed by atoms with van der Waals surface area (Å²) >= 11 is 0. The Morgan fingerprint density at radius 3 is 2.88 bits per heavy atom. The first-order chi connectivity index (χ1) is 12.0. The van der Waals surface area contributed by atoms with Gasteiger partial charge in [-0.3, -0.25) is 4.79 Å². The third kappa shape index (κ3) is 3.60. The van der Waals surface area contributed by atoms with Gasteiger partial charge in [0.15, 0.2) is 0 Å². The molecule has 0 aromatic heterocycles. The van der Waals surface area contributed by atoms with Crippen LogP contribution in [0.3, 0.4) is 0 Å². The van der Waals surface area contributed by atoms with Gasteiger partial charge in [-0.2, -0.15) is 0 Å². The van der Waals surface area contributed by atoms with Crippen LogP contribution in [0.1, 0.15) is 18.4 Å². The maximum atomic E-state index is 12.3. The fourth-order valence-electron chi connectivity index (χ4n) is 3.69. The quantitative estimate of drug-likeness (QED) is 0.452. The number of hydrogen-bond acceptors (Lipinski definition) is 5. The molecule has 3 rings (SSSR count). The fraction of sp³-hybridized carbons (Fsp3) is 0.400. The summed E-state index contributed by atoms with van der Waals surface area (Å²) in [5.41, 5.74) is 1.78. The minimum absolute atomic E-state index is 0.0931. The highest BCUT2D eigenvalue weighted by Gasteiger charge is 2.55. The average molecular weight is 342 g/mol. The minimum Gasteiger partial charge on any atom is -0.490 e. The van der Waals surface area contributed by atoms with E-state index in [0.717, 1.165) is 17.6 Å². The molecule has 1 aromatic rings. The Bertz CT molecular complexity index is 703. The second-order valence-electron chi connectivity index (χ2n) is 6.64. The largest absolute Gasteiger partial charge is 0.490 e. The van der Waals surface area contributed by atoms with E-state index in [2.05, 4.69) is 11.3 Å². The van der Waals surface area contributed by atoms with Gasteiger partial charge in [0.2, 0.25) is 0 Å². The molecule has 5 nitrogen and oxygen atoms in total. The summed E-state index contributed by atoms with van der Waals surface area (Å²) in [6.07, 6.45) is 5.18. The second kappa shape index (κ2) is 7.13. The van der Waals surface area contributed by atoms with E-state index in [1.807, 2.05) is 24.3 Å². The van der Waals surface area contributed by atoms with E-state index in [1.54, 1.807) is 6.08 Å². The molecule has 0 amide bonds. The molecule has 2 atom stereocenters.